The third-order valence-corrected chi connectivity index (χ3v) is 4.79. The molecule has 1 fully saturated rings. The highest BCUT2D eigenvalue weighted by Gasteiger charge is 2.21. The smallest absolute Gasteiger partial charge is 0.0591 e. The highest BCUT2D eigenvalue weighted by molar-refractivity contribution is 6.31. The lowest BCUT2D eigenvalue weighted by Crippen LogP contribution is -2.22. The van der Waals surface area contributed by atoms with E-state index in [2.05, 4.69) is 48.6 Å². The Hall–Kier alpha value is -1.31. The molecule has 1 unspecified atom stereocenters. The highest BCUT2D eigenvalue weighted by atomic mass is 35.5. The Morgan fingerprint density at radius 1 is 1.14 bits per heavy atom. The molecule has 3 rings (SSSR count). The monoisotopic (exact) mass is 299 g/mol. The van der Waals surface area contributed by atoms with Crippen molar-refractivity contribution in [3.63, 3.8) is 0 Å². The second-order valence-corrected chi connectivity index (χ2v) is 6.22. The second kappa shape index (κ2) is 6.64. The molecule has 0 amide bonds. The van der Waals surface area contributed by atoms with Crippen LogP contribution in [-0.2, 0) is 0 Å². The molecular weight excluding hydrogens is 278 g/mol. The van der Waals surface area contributed by atoms with Crippen LogP contribution in [0.25, 0.3) is 0 Å². The topological polar surface area (TPSA) is 12.0 Å². The van der Waals surface area contributed by atoms with E-state index in [1.807, 2.05) is 12.1 Å². The van der Waals surface area contributed by atoms with Gasteiger partial charge in [-0.2, -0.15) is 0 Å². The van der Waals surface area contributed by atoms with Crippen LogP contribution in [0, 0.1) is 0 Å². The molecule has 2 aromatic rings. The first-order chi connectivity index (χ1) is 10.3. The Labute approximate surface area is 132 Å². The van der Waals surface area contributed by atoms with E-state index in [1.165, 1.54) is 30.4 Å². The zero-order valence-corrected chi connectivity index (χ0v) is 13.2. The number of halogens is 1. The standard InChI is InChI=1S/C19H22ClN/c1-2-21-19(17-11-3-4-12-18(17)20)16-10-6-9-15(13-16)14-7-5-8-14/h3-4,6,9-14,19,21H,2,5,7-8H2,1H3. The molecule has 1 atom stereocenters. The van der Waals surface area contributed by atoms with Crippen molar-refractivity contribution in [1.82, 2.24) is 5.32 Å². The van der Waals surface area contributed by atoms with Crippen LogP contribution >= 0.6 is 11.6 Å². The summed E-state index contributed by atoms with van der Waals surface area (Å²) in [6.07, 6.45) is 4.04. The van der Waals surface area contributed by atoms with E-state index in [4.69, 9.17) is 11.6 Å². The average molecular weight is 300 g/mol. The van der Waals surface area contributed by atoms with Gasteiger partial charge in [0.15, 0.2) is 0 Å². The van der Waals surface area contributed by atoms with Crippen molar-refractivity contribution in [3.8, 4) is 0 Å². The summed E-state index contributed by atoms with van der Waals surface area (Å²) in [5.74, 6) is 0.762. The van der Waals surface area contributed by atoms with Gasteiger partial charge in [0.25, 0.3) is 0 Å². The number of benzene rings is 2. The minimum absolute atomic E-state index is 0.170. The Kier molecular flexibility index (Phi) is 4.62. The molecule has 0 heterocycles. The fourth-order valence-electron chi connectivity index (χ4n) is 3.05. The van der Waals surface area contributed by atoms with Gasteiger partial charge in [0.1, 0.15) is 0 Å². The predicted molar refractivity (Wildman–Crippen MR) is 90.0 cm³/mol. The third-order valence-electron chi connectivity index (χ3n) is 4.45. The van der Waals surface area contributed by atoms with Crippen LogP contribution in [0.3, 0.4) is 0 Å². The van der Waals surface area contributed by atoms with Crippen LogP contribution in [-0.4, -0.2) is 6.54 Å². The minimum atomic E-state index is 0.170. The van der Waals surface area contributed by atoms with Gasteiger partial charge in [0.05, 0.1) is 6.04 Å². The molecule has 2 aromatic carbocycles. The first kappa shape index (κ1) is 14.6. The lowest BCUT2D eigenvalue weighted by atomic mass is 9.79. The molecule has 0 radical (unpaired) electrons. The molecule has 110 valence electrons. The van der Waals surface area contributed by atoms with E-state index in [0.717, 1.165) is 23.0 Å². The number of hydrogen-bond donors (Lipinski definition) is 1. The van der Waals surface area contributed by atoms with Crippen LogP contribution in [0.4, 0.5) is 0 Å². The quantitative estimate of drug-likeness (QED) is 0.789. The largest absolute Gasteiger partial charge is 0.306 e. The van der Waals surface area contributed by atoms with E-state index in [-0.39, 0.29) is 6.04 Å². The number of nitrogens with one attached hydrogen (secondary N) is 1. The molecule has 1 saturated carbocycles. The Morgan fingerprint density at radius 2 is 1.95 bits per heavy atom. The molecule has 0 aliphatic heterocycles. The van der Waals surface area contributed by atoms with Gasteiger partial charge in [-0.05, 0) is 48.1 Å². The van der Waals surface area contributed by atoms with Crippen LogP contribution in [0.15, 0.2) is 48.5 Å². The summed E-state index contributed by atoms with van der Waals surface area (Å²) < 4.78 is 0. The lowest BCUT2D eigenvalue weighted by Gasteiger charge is -2.27. The van der Waals surface area contributed by atoms with Crippen LogP contribution in [0.2, 0.25) is 5.02 Å². The van der Waals surface area contributed by atoms with E-state index >= 15 is 0 Å². The van der Waals surface area contributed by atoms with Gasteiger partial charge in [0.2, 0.25) is 0 Å². The van der Waals surface area contributed by atoms with Crippen molar-refractivity contribution >= 4 is 11.6 Å². The molecule has 1 aliphatic rings. The fourth-order valence-corrected chi connectivity index (χ4v) is 3.30. The molecule has 21 heavy (non-hydrogen) atoms. The minimum Gasteiger partial charge on any atom is -0.306 e. The van der Waals surface area contributed by atoms with Gasteiger partial charge < -0.3 is 5.32 Å². The first-order valence-corrected chi connectivity index (χ1v) is 8.25. The maximum absolute atomic E-state index is 6.41. The fraction of sp³-hybridized carbons (Fsp3) is 0.368. The molecule has 1 N–H and O–H groups in total. The average Bonchev–Trinajstić information content (AvgIpc) is 2.44. The van der Waals surface area contributed by atoms with Crippen molar-refractivity contribution in [1.29, 1.82) is 0 Å². The molecule has 1 nitrogen and oxygen atoms in total. The zero-order valence-electron chi connectivity index (χ0n) is 12.5. The summed E-state index contributed by atoms with van der Waals surface area (Å²) in [5.41, 5.74) is 3.95. The normalized spacial score (nSPS) is 16.5. The lowest BCUT2D eigenvalue weighted by molar-refractivity contribution is 0.419. The van der Waals surface area contributed by atoms with Crippen LogP contribution < -0.4 is 5.32 Å². The predicted octanol–water partition coefficient (Wildman–Crippen LogP) is 5.31. The van der Waals surface area contributed by atoms with Crippen molar-refractivity contribution < 1.29 is 0 Å². The van der Waals surface area contributed by atoms with E-state index in [1.54, 1.807) is 0 Å². The van der Waals surface area contributed by atoms with Crippen molar-refractivity contribution in [2.75, 3.05) is 6.54 Å². The zero-order chi connectivity index (χ0) is 14.7. The van der Waals surface area contributed by atoms with Crippen molar-refractivity contribution in [2.45, 2.75) is 38.1 Å². The molecule has 1 aliphatic carbocycles. The Morgan fingerprint density at radius 3 is 2.62 bits per heavy atom. The summed E-state index contributed by atoms with van der Waals surface area (Å²) >= 11 is 6.41. The van der Waals surface area contributed by atoms with Gasteiger partial charge in [-0.15, -0.1) is 0 Å². The number of rotatable bonds is 5. The third kappa shape index (κ3) is 3.14. The molecule has 2 heteroatoms. The molecule has 0 saturated heterocycles. The first-order valence-electron chi connectivity index (χ1n) is 7.87. The van der Waals surface area contributed by atoms with Crippen molar-refractivity contribution in [2.24, 2.45) is 0 Å². The molecular formula is C19H22ClN. The van der Waals surface area contributed by atoms with Gasteiger partial charge in [-0.1, -0.05) is 67.4 Å². The van der Waals surface area contributed by atoms with E-state index < -0.39 is 0 Å². The Bertz CT molecular complexity index is 604. The molecule has 0 bridgehead atoms. The number of hydrogen-bond acceptors (Lipinski definition) is 1. The summed E-state index contributed by atoms with van der Waals surface area (Å²) in [6.45, 7) is 3.06. The maximum atomic E-state index is 6.41. The maximum Gasteiger partial charge on any atom is 0.0591 e. The van der Waals surface area contributed by atoms with E-state index in [0.29, 0.717) is 0 Å². The van der Waals surface area contributed by atoms with Crippen molar-refractivity contribution in [3.05, 3.63) is 70.2 Å². The van der Waals surface area contributed by atoms with Gasteiger partial charge in [-0.25, -0.2) is 0 Å². The Balaban J connectivity index is 1.95. The van der Waals surface area contributed by atoms with Crippen LogP contribution in [0.1, 0.15) is 54.8 Å². The van der Waals surface area contributed by atoms with Gasteiger partial charge >= 0.3 is 0 Å². The summed E-state index contributed by atoms with van der Waals surface area (Å²) in [5, 5.41) is 4.40. The summed E-state index contributed by atoms with van der Waals surface area (Å²) in [7, 11) is 0. The second-order valence-electron chi connectivity index (χ2n) is 5.81. The summed E-state index contributed by atoms with van der Waals surface area (Å²) in [6, 6.07) is 17.3. The van der Waals surface area contributed by atoms with Gasteiger partial charge in [-0.3, -0.25) is 0 Å². The molecule has 0 aromatic heterocycles. The van der Waals surface area contributed by atoms with E-state index in [9.17, 15) is 0 Å². The van der Waals surface area contributed by atoms with Crippen LogP contribution in [0.5, 0.6) is 0 Å². The summed E-state index contributed by atoms with van der Waals surface area (Å²) in [4.78, 5) is 0. The SMILES string of the molecule is CCNC(c1cccc(C2CCC2)c1)c1ccccc1Cl. The highest BCUT2D eigenvalue weighted by Crippen LogP contribution is 2.38. The molecule has 0 spiro atoms. The van der Waals surface area contributed by atoms with Gasteiger partial charge in [0, 0.05) is 5.02 Å².